The monoisotopic (exact) mass is 487 g/mol. The van der Waals surface area contributed by atoms with Crippen molar-refractivity contribution in [3.63, 3.8) is 0 Å². The number of aromatic nitrogens is 5. The summed E-state index contributed by atoms with van der Waals surface area (Å²) in [6.07, 6.45) is -1.52. The third-order valence-electron chi connectivity index (χ3n) is 5.54. The largest absolute Gasteiger partial charge is 0.416 e. The van der Waals surface area contributed by atoms with E-state index in [2.05, 4.69) is 20.1 Å². The van der Waals surface area contributed by atoms with Crippen molar-refractivity contribution in [1.29, 1.82) is 0 Å². The quantitative estimate of drug-likeness (QED) is 0.409. The van der Waals surface area contributed by atoms with E-state index in [0.29, 0.717) is 54.1 Å². The third kappa shape index (κ3) is 4.26. The molecule has 1 aliphatic heterocycles. The number of fused-ring (bicyclic) bond motifs is 1. The van der Waals surface area contributed by atoms with Crippen molar-refractivity contribution in [2.24, 2.45) is 0 Å². The highest BCUT2D eigenvalue weighted by Crippen LogP contribution is 2.32. The highest BCUT2D eigenvalue weighted by atomic mass is 35.5. The minimum atomic E-state index is -4.45. The average molecular weight is 488 g/mol. The number of piperazine rings is 1. The molecule has 1 saturated heterocycles. The van der Waals surface area contributed by atoms with Gasteiger partial charge in [0.1, 0.15) is 5.15 Å². The minimum Gasteiger partial charge on any atom is -0.336 e. The van der Waals surface area contributed by atoms with Gasteiger partial charge in [0.15, 0.2) is 0 Å². The summed E-state index contributed by atoms with van der Waals surface area (Å²) in [5.41, 5.74) is 0.509. The molecule has 12 heteroatoms. The van der Waals surface area contributed by atoms with Crippen LogP contribution in [0, 0.1) is 0 Å². The van der Waals surface area contributed by atoms with E-state index >= 15 is 0 Å². The Kier molecular flexibility index (Phi) is 5.56. The first-order chi connectivity index (χ1) is 16.3. The third-order valence-corrected chi connectivity index (χ3v) is 5.76. The molecule has 1 fully saturated rings. The van der Waals surface area contributed by atoms with Crippen LogP contribution in [0.2, 0.25) is 5.15 Å². The van der Waals surface area contributed by atoms with Gasteiger partial charge in [0.25, 0.3) is 11.7 Å². The van der Waals surface area contributed by atoms with Gasteiger partial charge < -0.3 is 9.80 Å². The summed E-state index contributed by atoms with van der Waals surface area (Å²) in [6, 6.07) is 9.84. The Morgan fingerprint density at radius 1 is 1.00 bits per heavy atom. The number of alkyl halides is 3. The molecule has 1 aliphatic rings. The molecule has 3 aromatic heterocycles. The standard InChI is InChI=1S/C22H17ClF3N7O/c23-18-5-4-15(13-28-18)19(34)31-8-10-32(11-9-31)21-29-20-27-7-6-17(33(20)30-21)14-2-1-3-16(12-14)22(24,25)26/h1-7,12-13H,8-11H2. The zero-order valence-electron chi connectivity index (χ0n) is 17.6. The molecule has 0 radical (unpaired) electrons. The number of nitrogens with zero attached hydrogens (tertiary/aromatic N) is 7. The number of anilines is 1. The number of carbonyl (C=O) groups is 1. The van der Waals surface area contributed by atoms with Crippen LogP contribution < -0.4 is 4.90 Å². The van der Waals surface area contributed by atoms with E-state index in [-0.39, 0.29) is 11.7 Å². The van der Waals surface area contributed by atoms with Gasteiger partial charge in [0, 0.05) is 44.1 Å². The molecule has 4 heterocycles. The van der Waals surface area contributed by atoms with Crippen LogP contribution in [0.4, 0.5) is 19.1 Å². The van der Waals surface area contributed by atoms with E-state index in [9.17, 15) is 18.0 Å². The molecular weight excluding hydrogens is 471 g/mol. The molecule has 0 spiro atoms. The second kappa shape index (κ2) is 8.56. The van der Waals surface area contributed by atoms with Crippen molar-refractivity contribution in [1.82, 2.24) is 29.5 Å². The van der Waals surface area contributed by atoms with Crippen LogP contribution in [0.3, 0.4) is 0 Å². The molecule has 0 aliphatic carbocycles. The van der Waals surface area contributed by atoms with E-state index in [4.69, 9.17) is 11.6 Å². The number of pyridine rings is 1. The van der Waals surface area contributed by atoms with E-state index in [1.807, 2.05) is 4.90 Å². The molecule has 5 rings (SSSR count). The van der Waals surface area contributed by atoms with E-state index < -0.39 is 11.7 Å². The lowest BCUT2D eigenvalue weighted by molar-refractivity contribution is -0.137. The molecule has 0 bridgehead atoms. The molecule has 174 valence electrons. The summed E-state index contributed by atoms with van der Waals surface area (Å²) in [7, 11) is 0. The van der Waals surface area contributed by atoms with Gasteiger partial charge >= 0.3 is 6.18 Å². The van der Waals surface area contributed by atoms with Gasteiger partial charge in [0.05, 0.1) is 16.8 Å². The summed E-state index contributed by atoms with van der Waals surface area (Å²) in [6.45, 7) is 1.88. The Hall–Kier alpha value is -3.73. The molecule has 1 amide bonds. The van der Waals surface area contributed by atoms with Crippen LogP contribution in [0.1, 0.15) is 15.9 Å². The summed E-state index contributed by atoms with van der Waals surface area (Å²) in [5.74, 6) is 0.531. The van der Waals surface area contributed by atoms with Crippen molar-refractivity contribution in [3.8, 4) is 11.3 Å². The average Bonchev–Trinajstić information content (AvgIpc) is 3.28. The van der Waals surface area contributed by atoms with Crippen molar-refractivity contribution in [2.45, 2.75) is 6.18 Å². The van der Waals surface area contributed by atoms with Gasteiger partial charge in [-0.15, -0.1) is 5.10 Å². The fourth-order valence-electron chi connectivity index (χ4n) is 3.79. The maximum Gasteiger partial charge on any atom is 0.416 e. The lowest BCUT2D eigenvalue weighted by Gasteiger charge is -2.34. The zero-order chi connectivity index (χ0) is 23.9. The summed E-state index contributed by atoms with van der Waals surface area (Å²) in [5, 5.41) is 4.82. The number of halogens is 4. The number of rotatable bonds is 3. The molecule has 0 atom stereocenters. The second-order valence-electron chi connectivity index (χ2n) is 7.68. The topological polar surface area (TPSA) is 79.5 Å². The first kappa shape index (κ1) is 22.1. The van der Waals surface area contributed by atoms with E-state index in [0.717, 1.165) is 12.1 Å². The smallest absolute Gasteiger partial charge is 0.336 e. The minimum absolute atomic E-state index is 0.139. The van der Waals surface area contributed by atoms with Crippen molar-refractivity contribution < 1.29 is 18.0 Å². The van der Waals surface area contributed by atoms with Crippen LogP contribution in [0.5, 0.6) is 0 Å². The Morgan fingerprint density at radius 2 is 1.79 bits per heavy atom. The number of amides is 1. The lowest BCUT2D eigenvalue weighted by Crippen LogP contribution is -2.49. The Balaban J connectivity index is 1.36. The first-order valence-corrected chi connectivity index (χ1v) is 10.7. The highest BCUT2D eigenvalue weighted by Gasteiger charge is 2.31. The Bertz CT molecular complexity index is 1350. The number of hydrogen-bond donors (Lipinski definition) is 0. The number of carbonyl (C=O) groups excluding carboxylic acids is 1. The van der Waals surface area contributed by atoms with Crippen molar-refractivity contribution in [2.75, 3.05) is 31.1 Å². The van der Waals surface area contributed by atoms with E-state index in [1.165, 1.54) is 23.0 Å². The van der Waals surface area contributed by atoms with Gasteiger partial charge in [-0.2, -0.15) is 22.7 Å². The number of benzene rings is 1. The van der Waals surface area contributed by atoms with Crippen molar-refractivity contribution in [3.05, 3.63) is 71.1 Å². The second-order valence-corrected chi connectivity index (χ2v) is 8.07. The fraction of sp³-hybridized carbons (Fsp3) is 0.227. The van der Waals surface area contributed by atoms with Gasteiger partial charge in [-0.3, -0.25) is 4.79 Å². The Morgan fingerprint density at radius 3 is 2.50 bits per heavy atom. The van der Waals surface area contributed by atoms with Crippen LogP contribution in [-0.2, 0) is 6.18 Å². The molecule has 0 N–H and O–H groups in total. The molecule has 34 heavy (non-hydrogen) atoms. The van der Waals surface area contributed by atoms with Crippen LogP contribution in [0.25, 0.3) is 17.0 Å². The van der Waals surface area contributed by atoms with Gasteiger partial charge in [-0.05, 0) is 30.3 Å². The van der Waals surface area contributed by atoms with Gasteiger partial charge in [-0.1, -0.05) is 23.7 Å². The summed E-state index contributed by atoms with van der Waals surface area (Å²) in [4.78, 5) is 28.9. The Labute approximate surface area is 196 Å². The van der Waals surface area contributed by atoms with Gasteiger partial charge in [0.2, 0.25) is 5.95 Å². The predicted octanol–water partition coefficient (Wildman–Crippen LogP) is 3.82. The molecule has 8 nitrogen and oxygen atoms in total. The maximum absolute atomic E-state index is 13.2. The van der Waals surface area contributed by atoms with E-state index in [1.54, 1.807) is 29.2 Å². The highest BCUT2D eigenvalue weighted by molar-refractivity contribution is 6.29. The SMILES string of the molecule is O=C(c1ccc(Cl)nc1)N1CCN(c2nc3nccc(-c4cccc(C(F)(F)F)c4)n3n2)CC1. The number of hydrogen-bond acceptors (Lipinski definition) is 6. The zero-order valence-corrected chi connectivity index (χ0v) is 18.3. The molecule has 0 unspecified atom stereocenters. The molecule has 1 aromatic carbocycles. The van der Waals surface area contributed by atoms with Crippen LogP contribution >= 0.6 is 11.6 Å². The van der Waals surface area contributed by atoms with Crippen molar-refractivity contribution >= 4 is 29.2 Å². The lowest BCUT2D eigenvalue weighted by atomic mass is 10.1. The summed E-state index contributed by atoms with van der Waals surface area (Å²) >= 11 is 5.79. The normalized spacial score (nSPS) is 14.6. The molecular formula is C22H17ClF3N7O. The molecule has 4 aromatic rings. The van der Waals surface area contributed by atoms with Crippen LogP contribution in [-0.4, -0.2) is 61.6 Å². The maximum atomic E-state index is 13.2. The van der Waals surface area contributed by atoms with Gasteiger partial charge in [-0.25, -0.2) is 9.97 Å². The molecule has 0 saturated carbocycles. The predicted molar refractivity (Wildman–Crippen MR) is 119 cm³/mol. The first-order valence-electron chi connectivity index (χ1n) is 10.3. The van der Waals surface area contributed by atoms with Crippen LogP contribution in [0.15, 0.2) is 54.9 Å². The fourth-order valence-corrected chi connectivity index (χ4v) is 3.90. The summed E-state index contributed by atoms with van der Waals surface area (Å²) < 4.78 is 40.9.